The second-order valence-corrected chi connectivity index (χ2v) is 5.39. The largest absolute Gasteiger partial charge is 0.482 e. The number of anilines is 1. The summed E-state index contributed by atoms with van der Waals surface area (Å²) in [4.78, 5) is 11.4. The van der Waals surface area contributed by atoms with Crippen LogP contribution in [0.25, 0.3) is 0 Å². The quantitative estimate of drug-likeness (QED) is 0.857. The lowest BCUT2D eigenvalue weighted by Crippen LogP contribution is -2.25. The molecule has 1 amide bonds. The van der Waals surface area contributed by atoms with E-state index in [1.165, 1.54) is 12.1 Å². The molecule has 2 aromatic rings. The van der Waals surface area contributed by atoms with Gasteiger partial charge in [0.2, 0.25) is 0 Å². The fraction of sp³-hybridized carbons (Fsp3) is 0.188. The van der Waals surface area contributed by atoms with Gasteiger partial charge >= 0.3 is 0 Å². The molecule has 2 aromatic carbocycles. The number of carbonyl (C=O) groups excluding carboxylic acids is 1. The molecule has 0 saturated carbocycles. The van der Waals surface area contributed by atoms with Crippen molar-refractivity contribution in [1.29, 1.82) is 0 Å². The van der Waals surface area contributed by atoms with E-state index in [1.54, 1.807) is 18.2 Å². The standard InChI is InChI=1S/C16H13ClFNO2/c1-9-2-4-11(18)7-12(9)16(17)10-3-5-14-13(6-10)19-15(20)8-21-14/h2-7,16H,8H2,1H3,(H,19,20). The van der Waals surface area contributed by atoms with Gasteiger partial charge in [-0.2, -0.15) is 0 Å². The Morgan fingerprint density at radius 1 is 1.29 bits per heavy atom. The van der Waals surface area contributed by atoms with E-state index in [1.807, 2.05) is 13.0 Å². The SMILES string of the molecule is Cc1ccc(F)cc1C(Cl)c1ccc2c(c1)NC(=O)CO2. The van der Waals surface area contributed by atoms with Crippen molar-refractivity contribution in [3.05, 3.63) is 58.9 Å². The molecule has 21 heavy (non-hydrogen) atoms. The summed E-state index contributed by atoms with van der Waals surface area (Å²) in [5.74, 6) is 0.0849. The summed E-state index contributed by atoms with van der Waals surface area (Å²) < 4.78 is 18.7. The molecule has 3 nitrogen and oxygen atoms in total. The van der Waals surface area contributed by atoms with E-state index >= 15 is 0 Å². The summed E-state index contributed by atoms with van der Waals surface area (Å²) in [6.07, 6.45) is 0. The first kappa shape index (κ1) is 13.9. The third-order valence-corrected chi connectivity index (χ3v) is 3.93. The van der Waals surface area contributed by atoms with Crippen LogP contribution in [0.3, 0.4) is 0 Å². The molecule has 108 valence electrons. The molecule has 1 atom stereocenters. The van der Waals surface area contributed by atoms with Gasteiger partial charge in [0.15, 0.2) is 6.61 Å². The zero-order valence-electron chi connectivity index (χ0n) is 11.3. The van der Waals surface area contributed by atoms with Crippen molar-refractivity contribution in [2.45, 2.75) is 12.3 Å². The smallest absolute Gasteiger partial charge is 0.262 e. The van der Waals surface area contributed by atoms with Crippen LogP contribution in [0.1, 0.15) is 22.1 Å². The molecule has 1 unspecified atom stereocenters. The first-order valence-corrected chi connectivity index (χ1v) is 6.95. The summed E-state index contributed by atoms with van der Waals surface area (Å²) in [5, 5.41) is 2.24. The van der Waals surface area contributed by atoms with E-state index < -0.39 is 5.38 Å². The zero-order chi connectivity index (χ0) is 15.0. The average molecular weight is 306 g/mol. The van der Waals surface area contributed by atoms with Crippen LogP contribution in [0.15, 0.2) is 36.4 Å². The Hall–Kier alpha value is -2.07. The summed E-state index contributed by atoms with van der Waals surface area (Å²) in [5.41, 5.74) is 2.98. The lowest BCUT2D eigenvalue weighted by Gasteiger charge is -2.20. The Morgan fingerprint density at radius 2 is 2.10 bits per heavy atom. The highest BCUT2D eigenvalue weighted by molar-refractivity contribution is 6.22. The number of benzene rings is 2. The van der Waals surface area contributed by atoms with Gasteiger partial charge in [-0.25, -0.2) is 4.39 Å². The zero-order valence-corrected chi connectivity index (χ0v) is 12.1. The van der Waals surface area contributed by atoms with Gasteiger partial charge in [0.25, 0.3) is 5.91 Å². The molecule has 5 heteroatoms. The number of rotatable bonds is 2. The number of hydrogen-bond donors (Lipinski definition) is 1. The molecule has 0 aromatic heterocycles. The molecule has 0 spiro atoms. The molecule has 0 saturated heterocycles. The highest BCUT2D eigenvalue weighted by Crippen LogP contribution is 2.36. The maximum atomic E-state index is 13.4. The number of nitrogens with one attached hydrogen (secondary N) is 1. The molecule has 0 bridgehead atoms. The van der Waals surface area contributed by atoms with Gasteiger partial charge in [0, 0.05) is 0 Å². The Kier molecular flexibility index (Phi) is 3.55. The molecule has 1 aliphatic rings. The number of carbonyl (C=O) groups is 1. The minimum atomic E-state index is -0.496. The van der Waals surface area contributed by atoms with Crippen molar-refractivity contribution >= 4 is 23.2 Å². The van der Waals surface area contributed by atoms with Crippen LogP contribution in [0.2, 0.25) is 0 Å². The molecule has 3 rings (SSSR count). The van der Waals surface area contributed by atoms with Gasteiger partial charge < -0.3 is 10.1 Å². The van der Waals surface area contributed by atoms with Crippen molar-refractivity contribution < 1.29 is 13.9 Å². The third kappa shape index (κ3) is 2.72. The number of hydrogen-bond acceptors (Lipinski definition) is 2. The second kappa shape index (κ2) is 5.37. The molecular weight excluding hydrogens is 293 g/mol. The summed E-state index contributed by atoms with van der Waals surface area (Å²) in [6, 6.07) is 9.87. The number of fused-ring (bicyclic) bond motifs is 1. The monoisotopic (exact) mass is 305 g/mol. The fourth-order valence-corrected chi connectivity index (χ4v) is 2.69. The molecule has 1 heterocycles. The van der Waals surface area contributed by atoms with E-state index in [4.69, 9.17) is 16.3 Å². The van der Waals surface area contributed by atoms with Crippen molar-refractivity contribution in [3.8, 4) is 5.75 Å². The number of alkyl halides is 1. The van der Waals surface area contributed by atoms with Crippen LogP contribution in [0, 0.1) is 12.7 Å². The van der Waals surface area contributed by atoms with Gasteiger partial charge in [-0.3, -0.25) is 4.79 Å². The van der Waals surface area contributed by atoms with Crippen molar-refractivity contribution in [3.63, 3.8) is 0 Å². The van der Waals surface area contributed by atoms with E-state index in [9.17, 15) is 9.18 Å². The molecule has 1 aliphatic heterocycles. The van der Waals surface area contributed by atoms with Crippen molar-refractivity contribution in [2.24, 2.45) is 0 Å². The van der Waals surface area contributed by atoms with Gasteiger partial charge in [0.05, 0.1) is 11.1 Å². The van der Waals surface area contributed by atoms with E-state index in [0.29, 0.717) is 17.0 Å². The molecular formula is C16H13ClFNO2. The summed E-state index contributed by atoms with van der Waals surface area (Å²) in [7, 11) is 0. The number of amides is 1. The van der Waals surface area contributed by atoms with Crippen LogP contribution < -0.4 is 10.1 Å². The highest BCUT2D eigenvalue weighted by atomic mass is 35.5. The molecule has 0 radical (unpaired) electrons. The van der Waals surface area contributed by atoms with Crippen LogP contribution in [0.5, 0.6) is 5.75 Å². The Bertz CT molecular complexity index is 717. The van der Waals surface area contributed by atoms with Crippen molar-refractivity contribution in [2.75, 3.05) is 11.9 Å². The molecule has 0 aliphatic carbocycles. The van der Waals surface area contributed by atoms with Crippen LogP contribution in [-0.2, 0) is 4.79 Å². The minimum absolute atomic E-state index is 0.0135. The Labute approximate surface area is 126 Å². The van der Waals surface area contributed by atoms with E-state index in [2.05, 4.69) is 5.32 Å². The topological polar surface area (TPSA) is 38.3 Å². The van der Waals surface area contributed by atoms with Gasteiger partial charge in [-0.15, -0.1) is 11.6 Å². The number of ether oxygens (including phenoxy) is 1. The number of halogens is 2. The predicted molar refractivity (Wildman–Crippen MR) is 79.4 cm³/mol. The predicted octanol–water partition coefficient (Wildman–Crippen LogP) is 3.79. The maximum absolute atomic E-state index is 13.4. The van der Waals surface area contributed by atoms with Crippen LogP contribution in [-0.4, -0.2) is 12.5 Å². The first-order chi connectivity index (χ1) is 10.0. The Balaban J connectivity index is 1.98. The first-order valence-electron chi connectivity index (χ1n) is 6.51. The number of aryl methyl sites for hydroxylation is 1. The third-order valence-electron chi connectivity index (χ3n) is 3.44. The van der Waals surface area contributed by atoms with Gasteiger partial charge in [-0.1, -0.05) is 12.1 Å². The fourth-order valence-electron chi connectivity index (χ4n) is 2.32. The highest BCUT2D eigenvalue weighted by Gasteiger charge is 2.20. The molecule has 1 N–H and O–H groups in total. The van der Waals surface area contributed by atoms with Crippen LogP contribution >= 0.6 is 11.6 Å². The van der Waals surface area contributed by atoms with Gasteiger partial charge in [0.1, 0.15) is 11.6 Å². The van der Waals surface area contributed by atoms with Crippen molar-refractivity contribution in [1.82, 2.24) is 0 Å². The summed E-state index contributed by atoms with van der Waals surface area (Å²) >= 11 is 6.47. The second-order valence-electron chi connectivity index (χ2n) is 4.96. The van der Waals surface area contributed by atoms with E-state index in [0.717, 1.165) is 11.1 Å². The maximum Gasteiger partial charge on any atom is 0.262 e. The van der Waals surface area contributed by atoms with Gasteiger partial charge in [-0.05, 0) is 47.9 Å². The normalized spacial score (nSPS) is 14.9. The lowest BCUT2D eigenvalue weighted by molar-refractivity contribution is -0.118. The summed E-state index contributed by atoms with van der Waals surface area (Å²) in [6.45, 7) is 1.90. The van der Waals surface area contributed by atoms with E-state index in [-0.39, 0.29) is 18.3 Å². The average Bonchev–Trinajstić information content (AvgIpc) is 2.48. The van der Waals surface area contributed by atoms with Crippen LogP contribution in [0.4, 0.5) is 10.1 Å². The minimum Gasteiger partial charge on any atom is -0.482 e. The molecule has 0 fully saturated rings. The Morgan fingerprint density at radius 3 is 2.90 bits per heavy atom. The lowest BCUT2D eigenvalue weighted by atomic mass is 9.99.